The van der Waals surface area contributed by atoms with E-state index in [1.165, 1.54) is 12.8 Å². The summed E-state index contributed by atoms with van der Waals surface area (Å²) in [5.74, 6) is 2.15. The summed E-state index contributed by atoms with van der Waals surface area (Å²) in [4.78, 5) is 26.4. The minimum atomic E-state index is -0.0644. The van der Waals surface area contributed by atoms with Gasteiger partial charge < -0.3 is 14.5 Å². The Hall–Kier alpha value is -2.63. The molecule has 1 aromatic heterocycles. The van der Waals surface area contributed by atoms with Crippen LogP contribution < -0.4 is 9.64 Å². The molecular weight excluding hydrogens is 364 g/mol. The van der Waals surface area contributed by atoms with E-state index in [-0.39, 0.29) is 11.8 Å². The fourth-order valence-electron chi connectivity index (χ4n) is 4.72. The highest BCUT2D eigenvalue weighted by atomic mass is 16.5. The number of carbonyl (C=O) groups is 1. The molecule has 1 unspecified atom stereocenters. The number of hydrogen-bond acceptors (Lipinski definition) is 5. The highest BCUT2D eigenvalue weighted by molar-refractivity contribution is 5.80. The van der Waals surface area contributed by atoms with Crippen LogP contribution in [0.25, 0.3) is 0 Å². The Kier molecular flexibility index (Phi) is 4.86. The molecule has 0 bridgehead atoms. The number of amides is 1. The molecule has 29 heavy (non-hydrogen) atoms. The number of benzene rings is 1. The molecule has 1 atom stereocenters. The first-order valence-corrected chi connectivity index (χ1v) is 10.8. The zero-order chi connectivity index (χ0) is 19.8. The van der Waals surface area contributed by atoms with Gasteiger partial charge in [0.1, 0.15) is 24.5 Å². The largest absolute Gasteiger partial charge is 0.492 e. The highest BCUT2D eigenvalue weighted by Gasteiger charge is 2.38. The number of aromatic nitrogens is 2. The monoisotopic (exact) mass is 392 g/mol. The van der Waals surface area contributed by atoms with Crippen LogP contribution in [0.5, 0.6) is 5.75 Å². The predicted molar refractivity (Wildman–Crippen MR) is 111 cm³/mol. The van der Waals surface area contributed by atoms with Crippen LogP contribution in [-0.4, -0.2) is 52.6 Å². The third kappa shape index (κ3) is 3.80. The lowest BCUT2D eigenvalue weighted by Gasteiger charge is -2.40. The lowest BCUT2D eigenvalue weighted by atomic mass is 9.94. The maximum Gasteiger partial charge on any atom is 0.229 e. The molecule has 152 valence electrons. The minimum Gasteiger partial charge on any atom is -0.492 e. The van der Waals surface area contributed by atoms with E-state index < -0.39 is 0 Å². The molecule has 1 saturated carbocycles. The van der Waals surface area contributed by atoms with Gasteiger partial charge in [0.2, 0.25) is 5.91 Å². The molecule has 2 fully saturated rings. The van der Waals surface area contributed by atoms with Gasteiger partial charge in [-0.2, -0.15) is 0 Å². The van der Waals surface area contributed by atoms with Gasteiger partial charge in [0.25, 0.3) is 0 Å². The van der Waals surface area contributed by atoms with E-state index in [2.05, 4.69) is 31.9 Å². The summed E-state index contributed by atoms with van der Waals surface area (Å²) in [6.07, 6.45) is 6.91. The Morgan fingerprint density at radius 1 is 1.10 bits per heavy atom. The van der Waals surface area contributed by atoms with Crippen molar-refractivity contribution < 1.29 is 9.53 Å². The maximum absolute atomic E-state index is 13.1. The van der Waals surface area contributed by atoms with Crippen LogP contribution >= 0.6 is 0 Å². The van der Waals surface area contributed by atoms with Gasteiger partial charge in [0, 0.05) is 36.9 Å². The average molecular weight is 393 g/mol. The second-order valence-corrected chi connectivity index (χ2v) is 8.53. The third-order valence-electron chi connectivity index (χ3n) is 6.39. The first kappa shape index (κ1) is 18.4. The number of rotatable bonds is 4. The van der Waals surface area contributed by atoms with Crippen molar-refractivity contribution in [2.45, 2.75) is 51.1 Å². The molecule has 2 aliphatic heterocycles. The van der Waals surface area contributed by atoms with E-state index in [9.17, 15) is 4.79 Å². The van der Waals surface area contributed by atoms with Crippen molar-refractivity contribution in [1.82, 2.24) is 14.9 Å². The molecule has 0 spiro atoms. The van der Waals surface area contributed by atoms with E-state index in [4.69, 9.17) is 4.74 Å². The number of anilines is 1. The summed E-state index contributed by atoms with van der Waals surface area (Å²) in [5, 5.41) is 0. The zero-order valence-corrected chi connectivity index (χ0v) is 17.0. The summed E-state index contributed by atoms with van der Waals surface area (Å²) < 4.78 is 5.85. The van der Waals surface area contributed by atoms with Crippen molar-refractivity contribution in [3.8, 4) is 5.75 Å². The van der Waals surface area contributed by atoms with Crippen molar-refractivity contribution in [3.05, 3.63) is 47.9 Å². The number of aryl methyl sites for hydroxylation is 1. The van der Waals surface area contributed by atoms with Gasteiger partial charge in [0.05, 0.1) is 5.92 Å². The van der Waals surface area contributed by atoms with Gasteiger partial charge in [-0.1, -0.05) is 18.2 Å². The molecule has 3 heterocycles. The van der Waals surface area contributed by atoms with Crippen molar-refractivity contribution in [3.63, 3.8) is 0 Å². The van der Waals surface area contributed by atoms with Gasteiger partial charge in [-0.3, -0.25) is 4.79 Å². The van der Waals surface area contributed by atoms with E-state index in [1.807, 2.05) is 25.1 Å². The Morgan fingerprint density at radius 3 is 2.62 bits per heavy atom. The van der Waals surface area contributed by atoms with Gasteiger partial charge in [0.15, 0.2) is 0 Å². The first-order valence-electron chi connectivity index (χ1n) is 10.8. The number of nitrogens with zero attached hydrogens (tertiary/aromatic N) is 4. The molecule has 6 heteroatoms. The van der Waals surface area contributed by atoms with E-state index in [0.29, 0.717) is 18.7 Å². The number of piperidine rings is 1. The average Bonchev–Trinajstić information content (AvgIpc) is 3.59. The Bertz CT molecular complexity index is 890. The fraction of sp³-hybridized carbons (Fsp3) is 0.522. The van der Waals surface area contributed by atoms with Gasteiger partial charge in [-0.25, -0.2) is 9.97 Å². The second kappa shape index (κ2) is 7.65. The molecule has 1 amide bonds. The van der Waals surface area contributed by atoms with Crippen LogP contribution in [0.3, 0.4) is 0 Å². The first-order chi connectivity index (χ1) is 14.2. The smallest absolute Gasteiger partial charge is 0.229 e. The van der Waals surface area contributed by atoms with Gasteiger partial charge in [-0.15, -0.1) is 0 Å². The SMILES string of the molecule is Cc1cc(N(C2CC2)C2CCN(C(=O)C3COc4ccccc4C3)CC2)ncn1. The molecule has 1 aliphatic carbocycles. The maximum atomic E-state index is 13.1. The van der Waals surface area contributed by atoms with Crippen LogP contribution in [0.1, 0.15) is 36.9 Å². The second-order valence-electron chi connectivity index (χ2n) is 8.53. The number of carbonyl (C=O) groups excluding carboxylic acids is 1. The molecule has 1 aromatic carbocycles. The predicted octanol–water partition coefficient (Wildman–Crippen LogP) is 3.00. The summed E-state index contributed by atoms with van der Waals surface area (Å²) in [6.45, 7) is 4.13. The van der Waals surface area contributed by atoms with Crippen molar-refractivity contribution in [2.24, 2.45) is 5.92 Å². The summed E-state index contributed by atoms with van der Waals surface area (Å²) >= 11 is 0. The number of para-hydroxylation sites is 1. The number of hydrogen-bond donors (Lipinski definition) is 0. The van der Waals surface area contributed by atoms with Crippen LogP contribution in [0, 0.1) is 12.8 Å². The highest BCUT2D eigenvalue weighted by Crippen LogP contribution is 2.36. The van der Waals surface area contributed by atoms with Crippen molar-refractivity contribution in [1.29, 1.82) is 0 Å². The normalized spacial score (nSPS) is 22.0. The van der Waals surface area contributed by atoms with Crippen molar-refractivity contribution in [2.75, 3.05) is 24.6 Å². The molecule has 5 rings (SSSR count). The van der Waals surface area contributed by atoms with Gasteiger partial charge in [-0.05, 0) is 50.7 Å². The van der Waals surface area contributed by atoms with E-state index in [1.54, 1.807) is 6.33 Å². The lowest BCUT2D eigenvalue weighted by Crippen LogP contribution is -2.50. The van der Waals surface area contributed by atoms with Crippen LogP contribution in [0.15, 0.2) is 36.7 Å². The molecule has 6 nitrogen and oxygen atoms in total. The Labute approximate surface area is 171 Å². The van der Waals surface area contributed by atoms with Gasteiger partial charge >= 0.3 is 0 Å². The van der Waals surface area contributed by atoms with Crippen molar-refractivity contribution >= 4 is 11.7 Å². The van der Waals surface area contributed by atoms with Crippen LogP contribution in [-0.2, 0) is 11.2 Å². The topological polar surface area (TPSA) is 58.6 Å². The van der Waals surface area contributed by atoms with E-state index >= 15 is 0 Å². The molecule has 1 saturated heterocycles. The summed E-state index contributed by atoms with van der Waals surface area (Å²) in [6, 6.07) is 11.2. The Balaban J connectivity index is 1.23. The van der Waals surface area contributed by atoms with Crippen LogP contribution in [0.2, 0.25) is 0 Å². The number of ether oxygens (including phenoxy) is 1. The molecule has 3 aliphatic rings. The summed E-state index contributed by atoms with van der Waals surface area (Å²) in [7, 11) is 0. The van der Waals surface area contributed by atoms with E-state index in [0.717, 1.165) is 55.2 Å². The molecule has 0 N–H and O–H groups in total. The molecular formula is C23H28N4O2. The third-order valence-corrected chi connectivity index (χ3v) is 6.39. The molecule has 2 aromatic rings. The number of fused-ring (bicyclic) bond motifs is 1. The van der Waals surface area contributed by atoms with Crippen LogP contribution in [0.4, 0.5) is 5.82 Å². The number of likely N-dealkylation sites (tertiary alicyclic amines) is 1. The zero-order valence-electron chi connectivity index (χ0n) is 17.0. The lowest BCUT2D eigenvalue weighted by molar-refractivity contribution is -0.138. The standard InChI is InChI=1S/C23H28N4O2/c1-16-12-22(25-15-24-16)27(19-6-7-19)20-8-10-26(11-9-20)23(28)18-13-17-4-2-3-5-21(17)29-14-18/h2-5,12,15,18-20H,6-11,13-14H2,1H3. The summed E-state index contributed by atoms with van der Waals surface area (Å²) in [5.41, 5.74) is 2.15. The minimum absolute atomic E-state index is 0.0644. The molecule has 0 radical (unpaired) electrons. The quantitative estimate of drug-likeness (QED) is 0.801. The Morgan fingerprint density at radius 2 is 1.86 bits per heavy atom. The fourth-order valence-corrected chi connectivity index (χ4v) is 4.72.